The Bertz CT molecular complexity index is 418. The molecule has 0 bridgehead atoms. The van der Waals surface area contributed by atoms with Crippen LogP contribution in [0.25, 0.3) is 0 Å². The van der Waals surface area contributed by atoms with Gasteiger partial charge < -0.3 is 5.32 Å². The van der Waals surface area contributed by atoms with Crippen LogP contribution >= 0.6 is 0 Å². The van der Waals surface area contributed by atoms with Crippen LogP contribution in [0, 0.1) is 13.8 Å². The summed E-state index contributed by atoms with van der Waals surface area (Å²) in [4.78, 5) is 0. The van der Waals surface area contributed by atoms with Crippen molar-refractivity contribution in [3.05, 3.63) is 46.5 Å². The Hall–Kier alpha value is -1.08. The van der Waals surface area contributed by atoms with Crippen LogP contribution in [0.2, 0.25) is 0 Å². The van der Waals surface area contributed by atoms with Crippen LogP contribution in [-0.2, 0) is 0 Å². The van der Waals surface area contributed by atoms with E-state index in [1.165, 1.54) is 36.0 Å². The molecule has 1 aromatic carbocycles. The molecule has 0 spiro atoms. The maximum absolute atomic E-state index is 3.63. The van der Waals surface area contributed by atoms with E-state index < -0.39 is 0 Å². The van der Waals surface area contributed by atoms with Crippen LogP contribution < -0.4 is 5.32 Å². The molecular weight excluding hydrogens is 206 g/mol. The molecule has 0 saturated heterocycles. The lowest BCUT2D eigenvalue weighted by Crippen LogP contribution is -2.23. The average molecular weight is 229 g/mol. The largest absolute Gasteiger partial charge is 0.307 e. The molecule has 17 heavy (non-hydrogen) atoms. The molecule has 1 unspecified atom stereocenters. The van der Waals surface area contributed by atoms with E-state index in [0.717, 1.165) is 6.54 Å². The zero-order valence-corrected chi connectivity index (χ0v) is 11.2. The summed E-state index contributed by atoms with van der Waals surface area (Å²) in [5, 5.41) is 3.63. The van der Waals surface area contributed by atoms with Gasteiger partial charge in [-0.05, 0) is 50.8 Å². The Labute approximate surface area is 105 Å². The van der Waals surface area contributed by atoms with Gasteiger partial charge in [-0.1, -0.05) is 42.3 Å². The fraction of sp³-hybridized carbons (Fsp3) is 0.500. The number of rotatable bonds is 4. The van der Waals surface area contributed by atoms with Gasteiger partial charge in [0, 0.05) is 0 Å². The number of hydrogen-bond donors (Lipinski definition) is 1. The molecule has 0 radical (unpaired) electrons. The van der Waals surface area contributed by atoms with E-state index in [4.69, 9.17) is 0 Å². The molecule has 1 aliphatic rings. The first-order valence-corrected chi connectivity index (χ1v) is 6.72. The predicted octanol–water partition coefficient (Wildman–Crippen LogP) is 4.06. The van der Waals surface area contributed by atoms with Crippen LogP contribution in [0.1, 0.15) is 48.9 Å². The lowest BCUT2D eigenvalue weighted by atomic mass is 9.93. The first-order chi connectivity index (χ1) is 8.22. The predicted molar refractivity (Wildman–Crippen MR) is 74.3 cm³/mol. The smallest absolute Gasteiger partial charge is 0.0538 e. The van der Waals surface area contributed by atoms with Gasteiger partial charge in [0.2, 0.25) is 0 Å². The lowest BCUT2D eigenvalue weighted by molar-refractivity contribution is 0.602. The fourth-order valence-electron chi connectivity index (χ4n) is 2.75. The topological polar surface area (TPSA) is 12.0 Å². The highest BCUT2D eigenvalue weighted by atomic mass is 14.9. The van der Waals surface area contributed by atoms with Crippen molar-refractivity contribution in [2.24, 2.45) is 0 Å². The number of benzene rings is 1. The highest BCUT2D eigenvalue weighted by Gasteiger charge is 2.19. The van der Waals surface area contributed by atoms with E-state index in [1.807, 2.05) is 0 Å². The number of likely N-dealkylation sites (N-methyl/N-ethyl adjacent to an activating group) is 1. The number of aryl methyl sites for hydroxylation is 2. The Morgan fingerprint density at radius 1 is 1.29 bits per heavy atom. The first kappa shape index (κ1) is 12.4. The molecule has 0 heterocycles. The van der Waals surface area contributed by atoms with Crippen molar-refractivity contribution >= 4 is 0 Å². The molecule has 1 N–H and O–H groups in total. The van der Waals surface area contributed by atoms with Gasteiger partial charge in [0.15, 0.2) is 0 Å². The summed E-state index contributed by atoms with van der Waals surface area (Å²) in [5.74, 6) is 0. The minimum Gasteiger partial charge on any atom is -0.307 e. The molecule has 0 aliphatic heterocycles. The van der Waals surface area contributed by atoms with Gasteiger partial charge in [0.05, 0.1) is 6.04 Å². The Kier molecular flexibility index (Phi) is 4.01. The highest BCUT2D eigenvalue weighted by Crippen LogP contribution is 2.32. The van der Waals surface area contributed by atoms with Gasteiger partial charge in [0.1, 0.15) is 0 Å². The Morgan fingerprint density at radius 2 is 2.12 bits per heavy atom. The zero-order valence-electron chi connectivity index (χ0n) is 11.2. The molecule has 0 amide bonds. The second kappa shape index (κ2) is 5.50. The molecule has 1 heteroatoms. The third-order valence-corrected chi connectivity index (χ3v) is 3.59. The SMILES string of the molecule is CCNC(C1=CCCC1)c1ccc(C)cc1C. The van der Waals surface area contributed by atoms with Crippen LogP contribution in [0.5, 0.6) is 0 Å². The summed E-state index contributed by atoms with van der Waals surface area (Å²) in [7, 11) is 0. The van der Waals surface area contributed by atoms with Crippen molar-refractivity contribution in [3.63, 3.8) is 0 Å². The van der Waals surface area contributed by atoms with Crippen molar-refractivity contribution in [2.45, 2.75) is 46.1 Å². The van der Waals surface area contributed by atoms with Gasteiger partial charge in [-0.25, -0.2) is 0 Å². The molecule has 1 aromatic rings. The summed E-state index contributed by atoms with van der Waals surface area (Å²) in [5.41, 5.74) is 5.79. The maximum Gasteiger partial charge on any atom is 0.0538 e. The second-order valence-electron chi connectivity index (χ2n) is 5.02. The molecule has 1 nitrogen and oxygen atoms in total. The summed E-state index contributed by atoms with van der Waals surface area (Å²) in [6, 6.07) is 7.23. The van der Waals surface area contributed by atoms with Crippen molar-refractivity contribution in [2.75, 3.05) is 6.54 Å². The van der Waals surface area contributed by atoms with E-state index in [0.29, 0.717) is 6.04 Å². The summed E-state index contributed by atoms with van der Waals surface area (Å²) in [6.07, 6.45) is 6.25. The lowest BCUT2D eigenvalue weighted by Gasteiger charge is -2.22. The standard InChI is InChI=1S/C16H23N/c1-4-17-16(14-7-5-6-8-14)15-10-9-12(2)11-13(15)3/h7,9-11,16-17H,4-6,8H2,1-3H3. The third kappa shape index (κ3) is 2.78. The average Bonchev–Trinajstić information content (AvgIpc) is 2.80. The van der Waals surface area contributed by atoms with Crippen molar-refractivity contribution in [3.8, 4) is 0 Å². The normalized spacial score (nSPS) is 17.0. The fourth-order valence-corrected chi connectivity index (χ4v) is 2.75. The van der Waals surface area contributed by atoms with Crippen LogP contribution in [0.15, 0.2) is 29.8 Å². The molecule has 0 fully saturated rings. The van der Waals surface area contributed by atoms with E-state index in [9.17, 15) is 0 Å². The van der Waals surface area contributed by atoms with E-state index >= 15 is 0 Å². The Balaban J connectivity index is 2.31. The van der Waals surface area contributed by atoms with E-state index in [2.05, 4.69) is 50.4 Å². The molecule has 0 saturated carbocycles. The maximum atomic E-state index is 3.63. The van der Waals surface area contributed by atoms with Crippen LogP contribution in [-0.4, -0.2) is 6.54 Å². The molecule has 2 rings (SSSR count). The summed E-state index contributed by atoms with van der Waals surface area (Å²) >= 11 is 0. The van der Waals surface area contributed by atoms with Gasteiger partial charge in [0.25, 0.3) is 0 Å². The second-order valence-corrected chi connectivity index (χ2v) is 5.02. The zero-order chi connectivity index (χ0) is 12.3. The van der Waals surface area contributed by atoms with Crippen molar-refractivity contribution in [1.29, 1.82) is 0 Å². The molecule has 92 valence electrons. The minimum atomic E-state index is 0.433. The molecule has 0 aromatic heterocycles. The van der Waals surface area contributed by atoms with E-state index in [-0.39, 0.29) is 0 Å². The van der Waals surface area contributed by atoms with Gasteiger partial charge in [-0.15, -0.1) is 0 Å². The summed E-state index contributed by atoms with van der Waals surface area (Å²) < 4.78 is 0. The quantitative estimate of drug-likeness (QED) is 0.768. The van der Waals surface area contributed by atoms with Gasteiger partial charge in [-0.2, -0.15) is 0 Å². The number of hydrogen-bond acceptors (Lipinski definition) is 1. The molecule has 1 atom stereocenters. The van der Waals surface area contributed by atoms with E-state index in [1.54, 1.807) is 5.57 Å². The van der Waals surface area contributed by atoms with Crippen LogP contribution in [0.3, 0.4) is 0 Å². The highest BCUT2D eigenvalue weighted by molar-refractivity contribution is 5.38. The minimum absolute atomic E-state index is 0.433. The number of nitrogens with one attached hydrogen (secondary N) is 1. The van der Waals surface area contributed by atoms with Gasteiger partial charge in [-0.3, -0.25) is 0 Å². The van der Waals surface area contributed by atoms with Crippen LogP contribution in [0.4, 0.5) is 0 Å². The Morgan fingerprint density at radius 3 is 2.71 bits per heavy atom. The summed E-state index contributed by atoms with van der Waals surface area (Å²) in [6.45, 7) is 7.59. The molecular formula is C16H23N. The third-order valence-electron chi connectivity index (χ3n) is 3.59. The number of allylic oxidation sites excluding steroid dienone is 1. The monoisotopic (exact) mass is 229 g/mol. The van der Waals surface area contributed by atoms with Gasteiger partial charge >= 0.3 is 0 Å². The van der Waals surface area contributed by atoms with Crippen molar-refractivity contribution in [1.82, 2.24) is 5.32 Å². The molecule has 1 aliphatic carbocycles. The first-order valence-electron chi connectivity index (χ1n) is 6.72. The van der Waals surface area contributed by atoms with Crippen molar-refractivity contribution < 1.29 is 0 Å².